The Kier molecular flexibility index (Phi) is 4.45. The highest BCUT2D eigenvalue weighted by Gasteiger charge is 2.26. The third-order valence-electron chi connectivity index (χ3n) is 2.94. The fraction of sp³-hybridized carbons (Fsp3) is 0.333. The lowest BCUT2D eigenvalue weighted by Gasteiger charge is -2.07. The Morgan fingerprint density at radius 1 is 1.52 bits per heavy atom. The number of aryl methyl sites for hydroxylation is 2. The monoisotopic (exact) mass is 329 g/mol. The van der Waals surface area contributed by atoms with Gasteiger partial charge in [0, 0.05) is 32.4 Å². The molecular weight excluding hydrogens is 314 g/mol. The van der Waals surface area contributed by atoms with Gasteiger partial charge in [0.1, 0.15) is 15.6 Å². The number of carbonyl (C=O) groups is 1. The van der Waals surface area contributed by atoms with Crippen molar-refractivity contribution in [2.45, 2.75) is 18.2 Å². The van der Waals surface area contributed by atoms with Crippen LogP contribution in [0.25, 0.3) is 0 Å². The maximum atomic E-state index is 12.3. The van der Waals surface area contributed by atoms with Gasteiger partial charge in [-0.1, -0.05) is 0 Å². The van der Waals surface area contributed by atoms with Gasteiger partial charge >= 0.3 is 5.97 Å². The molecule has 0 saturated carbocycles. The Morgan fingerprint density at radius 3 is 2.81 bits per heavy atom. The average molecular weight is 329 g/mol. The molecule has 0 atom stereocenters. The summed E-state index contributed by atoms with van der Waals surface area (Å²) in [4.78, 5) is 14.9. The Balaban J connectivity index is 2.14. The van der Waals surface area contributed by atoms with Gasteiger partial charge in [0.05, 0.1) is 0 Å². The zero-order valence-electron chi connectivity index (χ0n) is 11.5. The summed E-state index contributed by atoms with van der Waals surface area (Å²) in [5.41, 5.74) is 0.432. The first-order valence-corrected chi connectivity index (χ1v) is 8.46. The van der Waals surface area contributed by atoms with Crippen molar-refractivity contribution in [2.24, 2.45) is 7.05 Å². The van der Waals surface area contributed by atoms with Crippen LogP contribution in [0.4, 0.5) is 0 Å². The number of nitrogens with zero attached hydrogens (tertiary/aromatic N) is 2. The number of rotatable bonds is 6. The molecule has 114 valence electrons. The predicted octanol–water partition coefficient (Wildman–Crippen LogP) is 1.01. The van der Waals surface area contributed by atoms with Crippen LogP contribution in [-0.4, -0.2) is 35.6 Å². The molecule has 0 aliphatic carbocycles. The molecule has 0 amide bonds. The highest BCUT2D eigenvalue weighted by molar-refractivity contribution is 7.89. The molecule has 0 unspecified atom stereocenters. The van der Waals surface area contributed by atoms with Crippen LogP contribution in [0, 0.1) is 6.92 Å². The van der Waals surface area contributed by atoms with Gasteiger partial charge in [-0.15, -0.1) is 11.3 Å². The molecule has 0 aliphatic heterocycles. The van der Waals surface area contributed by atoms with Gasteiger partial charge in [0.2, 0.25) is 10.0 Å². The number of carboxylic acid groups (broad SMARTS) is 1. The number of sulfonamides is 1. The van der Waals surface area contributed by atoms with E-state index in [4.69, 9.17) is 5.11 Å². The lowest BCUT2D eigenvalue weighted by molar-refractivity contribution is 0.0698. The second-order valence-electron chi connectivity index (χ2n) is 4.48. The lowest BCUT2D eigenvalue weighted by atomic mass is 10.3. The van der Waals surface area contributed by atoms with Gasteiger partial charge in [-0.25, -0.2) is 22.9 Å². The van der Waals surface area contributed by atoms with E-state index < -0.39 is 16.0 Å². The number of aromatic nitrogens is 2. The second-order valence-corrected chi connectivity index (χ2v) is 7.07. The van der Waals surface area contributed by atoms with Crippen molar-refractivity contribution in [3.05, 3.63) is 34.0 Å². The number of nitrogens with one attached hydrogen (secondary N) is 1. The first-order valence-electron chi connectivity index (χ1n) is 6.10. The van der Waals surface area contributed by atoms with Crippen LogP contribution in [-0.2, 0) is 23.5 Å². The highest BCUT2D eigenvalue weighted by atomic mass is 32.2. The molecule has 2 aromatic heterocycles. The van der Waals surface area contributed by atoms with E-state index in [1.165, 1.54) is 5.38 Å². The molecule has 2 heterocycles. The number of carboxylic acids is 1. The van der Waals surface area contributed by atoms with Crippen molar-refractivity contribution in [2.75, 3.05) is 6.54 Å². The summed E-state index contributed by atoms with van der Waals surface area (Å²) in [7, 11) is -2.02. The van der Waals surface area contributed by atoms with Gasteiger partial charge in [-0.2, -0.15) is 0 Å². The van der Waals surface area contributed by atoms with E-state index in [-0.39, 0.29) is 16.3 Å². The fourth-order valence-corrected chi connectivity index (χ4v) is 4.58. The SMILES string of the molecule is Cc1csc(C(=O)O)c1S(=O)(=O)NCCc1nccn1C. The van der Waals surface area contributed by atoms with Crippen molar-refractivity contribution in [1.29, 1.82) is 0 Å². The minimum absolute atomic E-state index is 0.153. The van der Waals surface area contributed by atoms with Crippen LogP contribution in [0.3, 0.4) is 0 Å². The van der Waals surface area contributed by atoms with E-state index in [1.54, 1.807) is 23.9 Å². The minimum atomic E-state index is -3.85. The number of aromatic carboxylic acids is 1. The average Bonchev–Trinajstić information content (AvgIpc) is 2.96. The largest absolute Gasteiger partial charge is 0.477 e. The van der Waals surface area contributed by atoms with E-state index in [9.17, 15) is 13.2 Å². The van der Waals surface area contributed by atoms with Gasteiger partial charge in [-0.3, -0.25) is 0 Å². The smallest absolute Gasteiger partial charge is 0.347 e. The zero-order valence-corrected chi connectivity index (χ0v) is 13.2. The van der Waals surface area contributed by atoms with Gasteiger partial charge in [0.15, 0.2) is 0 Å². The molecule has 0 aromatic carbocycles. The third-order valence-corrected chi connectivity index (χ3v) is 5.81. The number of imidazole rings is 1. The van der Waals surface area contributed by atoms with E-state index >= 15 is 0 Å². The molecule has 2 N–H and O–H groups in total. The molecule has 9 heteroatoms. The van der Waals surface area contributed by atoms with Crippen LogP contribution >= 0.6 is 11.3 Å². The molecule has 21 heavy (non-hydrogen) atoms. The maximum absolute atomic E-state index is 12.3. The molecule has 0 fully saturated rings. The molecule has 0 aliphatic rings. The van der Waals surface area contributed by atoms with E-state index in [0.29, 0.717) is 12.0 Å². The summed E-state index contributed by atoms with van der Waals surface area (Å²) in [5, 5.41) is 10.6. The fourth-order valence-electron chi connectivity index (χ4n) is 1.92. The molecule has 0 bridgehead atoms. The normalized spacial score (nSPS) is 11.7. The van der Waals surface area contributed by atoms with E-state index in [1.807, 2.05) is 7.05 Å². The Bertz CT molecular complexity index is 761. The number of hydrogen-bond acceptors (Lipinski definition) is 5. The Hall–Kier alpha value is -1.71. The van der Waals surface area contributed by atoms with Crippen LogP contribution in [0.2, 0.25) is 0 Å². The highest BCUT2D eigenvalue weighted by Crippen LogP contribution is 2.26. The third kappa shape index (κ3) is 3.31. The van der Waals surface area contributed by atoms with Crippen molar-refractivity contribution in [1.82, 2.24) is 14.3 Å². The summed E-state index contributed by atoms with van der Waals surface area (Å²) >= 11 is 0.910. The predicted molar refractivity (Wildman–Crippen MR) is 78.1 cm³/mol. The standard InChI is InChI=1S/C12H15N3O4S2/c1-8-7-20-10(12(16)17)11(8)21(18,19)14-4-3-9-13-5-6-15(9)2/h5-7,14H,3-4H2,1-2H3,(H,16,17). The quantitative estimate of drug-likeness (QED) is 0.823. The Morgan fingerprint density at radius 2 is 2.24 bits per heavy atom. The van der Waals surface area contributed by atoms with E-state index in [0.717, 1.165) is 17.2 Å². The molecule has 7 nitrogen and oxygen atoms in total. The van der Waals surface area contributed by atoms with Gasteiger partial charge < -0.3 is 9.67 Å². The molecule has 2 rings (SSSR count). The summed E-state index contributed by atoms with van der Waals surface area (Å²) in [6, 6.07) is 0. The van der Waals surface area contributed by atoms with Gasteiger partial charge in [0.25, 0.3) is 0 Å². The molecule has 0 radical (unpaired) electrons. The zero-order chi connectivity index (χ0) is 15.6. The lowest BCUT2D eigenvalue weighted by Crippen LogP contribution is -2.28. The molecule has 0 saturated heterocycles. The van der Waals surface area contributed by atoms with Crippen LogP contribution in [0.1, 0.15) is 21.1 Å². The molecule has 0 spiro atoms. The number of thiophene rings is 1. The van der Waals surface area contributed by atoms with Crippen LogP contribution < -0.4 is 4.72 Å². The summed E-state index contributed by atoms with van der Waals surface area (Å²) in [6.07, 6.45) is 3.83. The minimum Gasteiger partial charge on any atom is -0.477 e. The van der Waals surface area contributed by atoms with E-state index in [2.05, 4.69) is 9.71 Å². The first-order chi connectivity index (χ1) is 9.83. The summed E-state index contributed by atoms with van der Waals surface area (Å²) in [5.74, 6) is -0.490. The maximum Gasteiger partial charge on any atom is 0.347 e. The second kappa shape index (κ2) is 5.96. The van der Waals surface area contributed by atoms with Crippen molar-refractivity contribution in [3.8, 4) is 0 Å². The van der Waals surface area contributed by atoms with Crippen LogP contribution in [0.15, 0.2) is 22.7 Å². The van der Waals surface area contributed by atoms with Crippen molar-refractivity contribution >= 4 is 27.3 Å². The molecular formula is C12H15N3O4S2. The number of hydrogen-bond donors (Lipinski definition) is 2. The summed E-state index contributed by atoms with van der Waals surface area (Å²) in [6.45, 7) is 1.73. The van der Waals surface area contributed by atoms with Crippen LogP contribution in [0.5, 0.6) is 0 Å². The molecule has 2 aromatic rings. The Labute approximate surface area is 126 Å². The van der Waals surface area contributed by atoms with Crippen molar-refractivity contribution < 1.29 is 18.3 Å². The first kappa shape index (κ1) is 15.7. The topological polar surface area (TPSA) is 101 Å². The van der Waals surface area contributed by atoms with Gasteiger partial charge in [-0.05, 0) is 17.9 Å². The summed E-state index contributed by atoms with van der Waals surface area (Å²) < 4.78 is 28.7. The van der Waals surface area contributed by atoms with Crippen molar-refractivity contribution in [3.63, 3.8) is 0 Å².